The smallest absolute Gasteiger partial charge is 0.227 e. The molecule has 0 saturated carbocycles. The van der Waals surface area contributed by atoms with Crippen molar-refractivity contribution in [1.82, 2.24) is 14.8 Å². The van der Waals surface area contributed by atoms with E-state index in [0.29, 0.717) is 16.6 Å². The van der Waals surface area contributed by atoms with Crippen LogP contribution in [0, 0.1) is 0 Å². The minimum Gasteiger partial charge on any atom is -0.308 e. The van der Waals surface area contributed by atoms with Gasteiger partial charge in [-0.15, -0.1) is 21.8 Å². The Morgan fingerprint density at radius 2 is 2.11 bits per heavy atom. The molecule has 0 aliphatic heterocycles. The van der Waals surface area contributed by atoms with E-state index < -0.39 is 0 Å². The van der Waals surface area contributed by atoms with Crippen molar-refractivity contribution in [2.75, 3.05) is 5.88 Å². The lowest BCUT2D eigenvalue weighted by Gasteiger charge is -2.03. The summed E-state index contributed by atoms with van der Waals surface area (Å²) in [6, 6.07) is 9.13. The minimum atomic E-state index is -0.0317. The Hall–Kier alpha value is -1.33. The van der Waals surface area contributed by atoms with Crippen molar-refractivity contribution in [3.8, 4) is 0 Å². The van der Waals surface area contributed by atoms with Gasteiger partial charge in [0.25, 0.3) is 0 Å². The van der Waals surface area contributed by atoms with Crippen LogP contribution in [0.2, 0.25) is 0 Å². The second kappa shape index (κ2) is 6.56. The van der Waals surface area contributed by atoms with Crippen molar-refractivity contribution in [2.24, 2.45) is 0 Å². The van der Waals surface area contributed by atoms with Gasteiger partial charge in [-0.2, -0.15) is 0 Å². The number of hydrogen-bond donors (Lipinski definition) is 0. The van der Waals surface area contributed by atoms with Crippen LogP contribution < -0.4 is 0 Å². The molecule has 94 valence electrons. The summed E-state index contributed by atoms with van der Waals surface area (Å²) < 4.78 is 1.84. The second-order valence-corrected chi connectivity index (χ2v) is 4.92. The molecule has 4 nitrogen and oxygen atoms in total. The van der Waals surface area contributed by atoms with E-state index in [4.69, 9.17) is 11.6 Å². The van der Waals surface area contributed by atoms with Gasteiger partial charge in [0, 0.05) is 18.0 Å². The fourth-order valence-electron chi connectivity index (χ4n) is 1.42. The van der Waals surface area contributed by atoms with Gasteiger partial charge in [-0.05, 0) is 18.2 Å². The van der Waals surface area contributed by atoms with E-state index in [1.165, 1.54) is 0 Å². The van der Waals surface area contributed by atoms with Crippen LogP contribution in [0.4, 0.5) is 0 Å². The molecule has 0 N–H and O–H groups in total. The van der Waals surface area contributed by atoms with Crippen molar-refractivity contribution >= 4 is 28.5 Å². The highest BCUT2D eigenvalue weighted by Gasteiger charge is 2.12. The molecule has 0 fully saturated rings. The lowest BCUT2D eigenvalue weighted by molar-refractivity contribution is 0.108. The largest absolute Gasteiger partial charge is 0.308 e. The SMILES string of the molecule is O=C(Sc1nncn1CCCCl)c1ccccc1. The zero-order chi connectivity index (χ0) is 12.8. The Bertz CT molecular complexity index is 515. The molecule has 0 unspecified atom stereocenters. The molecule has 1 aromatic carbocycles. The van der Waals surface area contributed by atoms with Crippen LogP contribution in [-0.2, 0) is 6.54 Å². The Morgan fingerprint density at radius 1 is 1.33 bits per heavy atom. The molecule has 18 heavy (non-hydrogen) atoms. The number of nitrogens with zero attached hydrogens (tertiary/aromatic N) is 3. The molecule has 1 heterocycles. The number of carbonyl (C=O) groups is 1. The number of benzene rings is 1. The lowest BCUT2D eigenvalue weighted by Crippen LogP contribution is -2.02. The molecule has 0 aliphatic carbocycles. The van der Waals surface area contributed by atoms with Crippen LogP contribution in [0.25, 0.3) is 0 Å². The highest BCUT2D eigenvalue weighted by atomic mass is 35.5. The zero-order valence-electron chi connectivity index (χ0n) is 9.62. The average Bonchev–Trinajstić information content (AvgIpc) is 2.84. The molecule has 0 aliphatic rings. The van der Waals surface area contributed by atoms with Crippen molar-refractivity contribution in [3.05, 3.63) is 42.2 Å². The predicted octanol–water partition coefficient (Wildman–Crippen LogP) is 2.84. The van der Waals surface area contributed by atoms with E-state index in [2.05, 4.69) is 10.2 Å². The first-order chi connectivity index (χ1) is 8.81. The molecule has 1 aromatic heterocycles. The zero-order valence-corrected chi connectivity index (χ0v) is 11.2. The molecule has 0 atom stereocenters. The molecule has 0 spiro atoms. The van der Waals surface area contributed by atoms with Crippen molar-refractivity contribution in [2.45, 2.75) is 18.1 Å². The van der Waals surface area contributed by atoms with Crippen LogP contribution in [0.3, 0.4) is 0 Å². The Balaban J connectivity index is 2.05. The van der Waals surface area contributed by atoms with E-state index in [9.17, 15) is 4.79 Å². The third-order valence-electron chi connectivity index (χ3n) is 2.31. The van der Waals surface area contributed by atoms with E-state index in [-0.39, 0.29) is 5.12 Å². The van der Waals surface area contributed by atoms with Crippen LogP contribution in [-0.4, -0.2) is 25.8 Å². The van der Waals surface area contributed by atoms with Gasteiger partial charge in [0.2, 0.25) is 5.12 Å². The third-order valence-corrected chi connectivity index (χ3v) is 3.49. The lowest BCUT2D eigenvalue weighted by atomic mass is 10.2. The van der Waals surface area contributed by atoms with Gasteiger partial charge >= 0.3 is 0 Å². The van der Waals surface area contributed by atoms with Crippen molar-refractivity contribution < 1.29 is 4.79 Å². The summed E-state index contributed by atoms with van der Waals surface area (Å²) in [4.78, 5) is 12.0. The van der Waals surface area contributed by atoms with E-state index in [1.807, 2.05) is 22.8 Å². The van der Waals surface area contributed by atoms with Gasteiger partial charge in [-0.1, -0.05) is 30.3 Å². The first-order valence-electron chi connectivity index (χ1n) is 5.52. The summed E-state index contributed by atoms with van der Waals surface area (Å²) in [5.41, 5.74) is 0.661. The number of aryl methyl sites for hydroxylation is 1. The van der Waals surface area contributed by atoms with Gasteiger partial charge in [-0.3, -0.25) is 4.79 Å². The number of thioether (sulfide) groups is 1. The molecule has 0 radical (unpaired) electrons. The summed E-state index contributed by atoms with van der Waals surface area (Å²) in [6.07, 6.45) is 2.44. The number of rotatable bonds is 5. The Morgan fingerprint density at radius 3 is 2.83 bits per heavy atom. The molecule has 6 heteroatoms. The maximum atomic E-state index is 12.0. The van der Waals surface area contributed by atoms with Gasteiger partial charge in [0.1, 0.15) is 6.33 Å². The molecule has 0 amide bonds. The first kappa shape index (κ1) is 13.1. The third kappa shape index (κ3) is 3.34. The normalized spacial score (nSPS) is 10.5. The maximum Gasteiger partial charge on any atom is 0.227 e. The highest BCUT2D eigenvalue weighted by molar-refractivity contribution is 8.14. The average molecular weight is 282 g/mol. The van der Waals surface area contributed by atoms with Crippen LogP contribution >= 0.6 is 23.4 Å². The molecular weight excluding hydrogens is 270 g/mol. The number of aromatic nitrogens is 3. The van der Waals surface area contributed by atoms with Crippen molar-refractivity contribution in [1.29, 1.82) is 0 Å². The van der Waals surface area contributed by atoms with Gasteiger partial charge in [0.05, 0.1) is 0 Å². The van der Waals surface area contributed by atoms with Crippen LogP contribution in [0.1, 0.15) is 16.8 Å². The predicted molar refractivity (Wildman–Crippen MR) is 72.0 cm³/mol. The molecule has 0 saturated heterocycles. The van der Waals surface area contributed by atoms with E-state index in [1.54, 1.807) is 18.5 Å². The highest BCUT2D eigenvalue weighted by Crippen LogP contribution is 2.20. The van der Waals surface area contributed by atoms with Crippen LogP contribution in [0.15, 0.2) is 41.8 Å². The maximum absolute atomic E-state index is 12.0. The molecular formula is C12H12ClN3OS. The number of carbonyl (C=O) groups excluding carboxylic acids is 1. The summed E-state index contributed by atoms with van der Waals surface area (Å²) in [5, 5.41) is 8.34. The van der Waals surface area contributed by atoms with E-state index in [0.717, 1.165) is 24.7 Å². The monoisotopic (exact) mass is 281 g/mol. The second-order valence-electron chi connectivity index (χ2n) is 3.60. The quantitative estimate of drug-likeness (QED) is 0.625. The summed E-state index contributed by atoms with van der Waals surface area (Å²) in [6.45, 7) is 0.723. The number of alkyl halides is 1. The molecule has 2 rings (SSSR count). The summed E-state index contributed by atoms with van der Waals surface area (Å²) >= 11 is 6.73. The van der Waals surface area contributed by atoms with Gasteiger partial charge < -0.3 is 4.57 Å². The summed E-state index contributed by atoms with van der Waals surface area (Å²) in [7, 11) is 0. The Labute approximate surface area is 114 Å². The fraction of sp³-hybridized carbons (Fsp3) is 0.250. The van der Waals surface area contributed by atoms with E-state index >= 15 is 0 Å². The first-order valence-corrected chi connectivity index (χ1v) is 6.87. The fourth-order valence-corrected chi connectivity index (χ4v) is 2.31. The molecule has 0 bridgehead atoms. The van der Waals surface area contributed by atoms with Crippen LogP contribution in [0.5, 0.6) is 0 Å². The standard InChI is InChI=1S/C12H12ClN3OS/c13-7-4-8-16-9-14-15-12(16)18-11(17)10-5-2-1-3-6-10/h1-3,5-6,9H,4,7-8H2. The van der Waals surface area contributed by atoms with Gasteiger partial charge in [-0.25, -0.2) is 0 Å². The Kier molecular flexibility index (Phi) is 4.78. The number of hydrogen-bond acceptors (Lipinski definition) is 4. The van der Waals surface area contributed by atoms with Crippen molar-refractivity contribution in [3.63, 3.8) is 0 Å². The summed E-state index contributed by atoms with van der Waals surface area (Å²) in [5.74, 6) is 0.578. The minimum absolute atomic E-state index is 0.0317. The number of halogens is 1. The van der Waals surface area contributed by atoms with Gasteiger partial charge in [0.15, 0.2) is 5.16 Å². The molecule has 2 aromatic rings. The topological polar surface area (TPSA) is 47.8 Å².